The second-order valence-corrected chi connectivity index (χ2v) is 18.8. The Bertz CT molecular complexity index is 1200. The Morgan fingerprint density at radius 3 is 0.955 bits per heavy atom. The molecule has 0 bridgehead atoms. The van der Waals surface area contributed by atoms with Crippen LogP contribution in [-0.2, 0) is 28.6 Å². The standard InChI is InChI=1S/C60H106O6/c1-4-7-10-13-16-19-22-25-28-29-30-33-35-38-41-44-47-50-53-59(62)65-56-57(66-60(63)54-51-48-45-42-39-36-32-27-24-21-18-15-12-9-6-3)55-64-58(61)52-49-46-43-40-37-34-31-26-23-20-17-14-11-8-5-2/h9,12,17-18,20-21,26-27,31-32,57H,4-8,10-11,13-16,19,22-25,28-30,33-56H2,1-3H3/b12-9-,20-17-,21-18-,31-26-,32-27-/t57-/m1/s1. The maximum absolute atomic E-state index is 12.8. The SMILES string of the molecule is CC/C=C\C/C=C\C/C=C\CCCCCCCC(=O)O[C@H](COC(=O)CCCCCCC/C=C\C/C=C\CCCCC)COC(=O)CCCCCCCCCCCCCCCCCCCC. The number of ether oxygens (including phenoxy) is 3. The largest absolute Gasteiger partial charge is 0.462 e. The summed E-state index contributed by atoms with van der Waals surface area (Å²) in [5, 5.41) is 0. The van der Waals surface area contributed by atoms with Crippen molar-refractivity contribution >= 4 is 17.9 Å². The van der Waals surface area contributed by atoms with Crippen molar-refractivity contribution in [3.63, 3.8) is 0 Å². The molecule has 0 aliphatic rings. The van der Waals surface area contributed by atoms with E-state index in [9.17, 15) is 14.4 Å². The highest BCUT2D eigenvalue weighted by Crippen LogP contribution is 2.16. The van der Waals surface area contributed by atoms with Crippen LogP contribution in [-0.4, -0.2) is 37.2 Å². The van der Waals surface area contributed by atoms with Gasteiger partial charge in [0.25, 0.3) is 0 Å². The van der Waals surface area contributed by atoms with Gasteiger partial charge in [0.15, 0.2) is 6.10 Å². The Kier molecular flexibility index (Phi) is 52.3. The smallest absolute Gasteiger partial charge is 0.306 e. The first kappa shape index (κ1) is 63.1. The second-order valence-electron chi connectivity index (χ2n) is 18.8. The highest BCUT2D eigenvalue weighted by Gasteiger charge is 2.19. The lowest BCUT2D eigenvalue weighted by Crippen LogP contribution is -2.30. The molecule has 0 rings (SSSR count). The fraction of sp³-hybridized carbons (Fsp3) is 0.783. The summed E-state index contributed by atoms with van der Waals surface area (Å²) in [5.74, 6) is -0.904. The normalized spacial score (nSPS) is 12.5. The van der Waals surface area contributed by atoms with Crippen LogP contribution in [0.25, 0.3) is 0 Å². The van der Waals surface area contributed by atoms with Gasteiger partial charge in [-0.2, -0.15) is 0 Å². The molecule has 0 spiro atoms. The molecule has 0 N–H and O–H groups in total. The zero-order chi connectivity index (χ0) is 47.9. The number of unbranched alkanes of at least 4 members (excludes halogenated alkanes) is 30. The molecule has 0 radical (unpaired) electrons. The van der Waals surface area contributed by atoms with Crippen LogP contribution in [0.5, 0.6) is 0 Å². The minimum Gasteiger partial charge on any atom is -0.462 e. The van der Waals surface area contributed by atoms with Gasteiger partial charge in [0.1, 0.15) is 13.2 Å². The van der Waals surface area contributed by atoms with Gasteiger partial charge in [-0.15, -0.1) is 0 Å². The maximum Gasteiger partial charge on any atom is 0.306 e. The van der Waals surface area contributed by atoms with Crippen LogP contribution in [0.15, 0.2) is 60.8 Å². The van der Waals surface area contributed by atoms with E-state index in [1.807, 2.05) is 0 Å². The first-order valence-corrected chi connectivity index (χ1v) is 28.3. The molecule has 0 unspecified atom stereocenters. The summed E-state index contributed by atoms with van der Waals surface area (Å²) in [6.45, 7) is 6.50. The summed E-state index contributed by atoms with van der Waals surface area (Å²) in [5.41, 5.74) is 0. The van der Waals surface area contributed by atoms with Gasteiger partial charge in [-0.1, -0.05) is 242 Å². The predicted molar refractivity (Wildman–Crippen MR) is 284 cm³/mol. The zero-order valence-electron chi connectivity index (χ0n) is 43.7. The number of rotatable bonds is 51. The third-order valence-electron chi connectivity index (χ3n) is 12.3. The first-order valence-electron chi connectivity index (χ1n) is 28.3. The third kappa shape index (κ3) is 52.1. The molecule has 0 amide bonds. The van der Waals surface area contributed by atoms with Crippen LogP contribution in [0.2, 0.25) is 0 Å². The van der Waals surface area contributed by atoms with Crippen molar-refractivity contribution < 1.29 is 28.6 Å². The number of allylic oxidation sites excluding steroid dienone is 10. The number of hydrogen-bond donors (Lipinski definition) is 0. The molecule has 0 aliphatic heterocycles. The van der Waals surface area contributed by atoms with E-state index in [0.29, 0.717) is 19.3 Å². The zero-order valence-corrected chi connectivity index (χ0v) is 43.7. The topological polar surface area (TPSA) is 78.9 Å². The van der Waals surface area contributed by atoms with E-state index in [0.717, 1.165) is 116 Å². The van der Waals surface area contributed by atoms with Gasteiger partial charge in [0.2, 0.25) is 0 Å². The predicted octanol–water partition coefficient (Wildman–Crippen LogP) is 18.8. The fourth-order valence-electron chi connectivity index (χ4n) is 8.02. The van der Waals surface area contributed by atoms with Crippen molar-refractivity contribution in [1.29, 1.82) is 0 Å². The van der Waals surface area contributed by atoms with Crippen molar-refractivity contribution in [2.45, 2.75) is 290 Å². The van der Waals surface area contributed by atoms with E-state index in [1.54, 1.807) is 0 Å². The molecule has 0 aromatic carbocycles. The van der Waals surface area contributed by atoms with Gasteiger partial charge in [0.05, 0.1) is 0 Å². The molecule has 0 saturated carbocycles. The van der Waals surface area contributed by atoms with Crippen molar-refractivity contribution in [2.24, 2.45) is 0 Å². The molecule has 6 nitrogen and oxygen atoms in total. The van der Waals surface area contributed by atoms with Gasteiger partial charge < -0.3 is 14.2 Å². The average molecular weight is 924 g/mol. The summed E-state index contributed by atoms with van der Waals surface area (Å²) < 4.78 is 16.8. The van der Waals surface area contributed by atoms with Crippen LogP contribution in [0.3, 0.4) is 0 Å². The monoisotopic (exact) mass is 923 g/mol. The number of esters is 3. The molecular formula is C60H106O6. The van der Waals surface area contributed by atoms with Gasteiger partial charge in [0, 0.05) is 19.3 Å². The highest BCUT2D eigenvalue weighted by atomic mass is 16.6. The van der Waals surface area contributed by atoms with Crippen LogP contribution in [0.1, 0.15) is 284 Å². The summed E-state index contributed by atoms with van der Waals surface area (Å²) in [6.07, 6.45) is 67.8. The van der Waals surface area contributed by atoms with Gasteiger partial charge in [-0.05, 0) is 83.5 Å². The Morgan fingerprint density at radius 1 is 0.318 bits per heavy atom. The van der Waals surface area contributed by atoms with Crippen molar-refractivity contribution in [2.75, 3.05) is 13.2 Å². The summed E-state index contributed by atoms with van der Waals surface area (Å²) in [4.78, 5) is 38.1. The molecular weight excluding hydrogens is 817 g/mol. The van der Waals surface area contributed by atoms with Gasteiger partial charge >= 0.3 is 17.9 Å². The number of carbonyl (C=O) groups excluding carboxylic acids is 3. The van der Waals surface area contributed by atoms with Crippen molar-refractivity contribution in [1.82, 2.24) is 0 Å². The lowest BCUT2D eigenvalue weighted by Gasteiger charge is -2.18. The van der Waals surface area contributed by atoms with Gasteiger partial charge in [-0.3, -0.25) is 14.4 Å². The third-order valence-corrected chi connectivity index (χ3v) is 12.3. The molecule has 0 aromatic rings. The Balaban J connectivity index is 4.38. The molecule has 0 saturated heterocycles. The molecule has 382 valence electrons. The van der Waals surface area contributed by atoms with E-state index >= 15 is 0 Å². The Hall–Kier alpha value is -2.89. The molecule has 1 atom stereocenters. The summed E-state index contributed by atoms with van der Waals surface area (Å²) in [6, 6.07) is 0. The Morgan fingerprint density at radius 2 is 0.591 bits per heavy atom. The van der Waals surface area contributed by atoms with E-state index in [2.05, 4.69) is 81.5 Å². The molecule has 6 heteroatoms. The Labute approximate surface area is 409 Å². The second kappa shape index (κ2) is 54.7. The minimum atomic E-state index is -0.787. The average Bonchev–Trinajstić information content (AvgIpc) is 3.31. The van der Waals surface area contributed by atoms with E-state index in [1.165, 1.54) is 128 Å². The summed E-state index contributed by atoms with van der Waals surface area (Å²) >= 11 is 0. The lowest BCUT2D eigenvalue weighted by molar-refractivity contribution is -0.167. The summed E-state index contributed by atoms with van der Waals surface area (Å²) in [7, 11) is 0. The van der Waals surface area contributed by atoms with Crippen LogP contribution < -0.4 is 0 Å². The van der Waals surface area contributed by atoms with Crippen LogP contribution in [0.4, 0.5) is 0 Å². The molecule has 66 heavy (non-hydrogen) atoms. The quantitative estimate of drug-likeness (QED) is 0.0262. The minimum absolute atomic E-state index is 0.0835. The molecule has 0 aromatic heterocycles. The van der Waals surface area contributed by atoms with Crippen molar-refractivity contribution in [3.8, 4) is 0 Å². The first-order chi connectivity index (χ1) is 32.5. The number of carbonyl (C=O) groups is 3. The fourth-order valence-corrected chi connectivity index (χ4v) is 8.02. The number of hydrogen-bond acceptors (Lipinski definition) is 6. The van der Waals surface area contributed by atoms with E-state index in [4.69, 9.17) is 14.2 Å². The van der Waals surface area contributed by atoms with E-state index < -0.39 is 6.10 Å². The van der Waals surface area contributed by atoms with Gasteiger partial charge in [-0.25, -0.2) is 0 Å². The molecule has 0 aliphatic carbocycles. The van der Waals surface area contributed by atoms with Crippen LogP contribution >= 0.6 is 0 Å². The molecule has 0 fully saturated rings. The molecule has 0 heterocycles. The van der Waals surface area contributed by atoms with E-state index in [-0.39, 0.29) is 31.1 Å². The van der Waals surface area contributed by atoms with Crippen LogP contribution in [0, 0.1) is 0 Å². The van der Waals surface area contributed by atoms with Crippen molar-refractivity contribution in [3.05, 3.63) is 60.8 Å². The maximum atomic E-state index is 12.8. The highest BCUT2D eigenvalue weighted by molar-refractivity contribution is 5.71. The lowest BCUT2D eigenvalue weighted by atomic mass is 10.0.